The van der Waals surface area contributed by atoms with E-state index in [0.717, 1.165) is 12.8 Å². The second-order valence-corrected chi connectivity index (χ2v) is 8.79. The van der Waals surface area contributed by atoms with Gasteiger partial charge in [0.05, 0.1) is 0 Å². The lowest BCUT2D eigenvalue weighted by atomic mass is 9.58. The van der Waals surface area contributed by atoms with Crippen LogP contribution in [0.2, 0.25) is 0 Å². The van der Waals surface area contributed by atoms with E-state index in [1.165, 1.54) is 0 Å². The average molecular weight is 416 g/mol. The van der Waals surface area contributed by atoms with Crippen LogP contribution in [0.1, 0.15) is 46.5 Å². The summed E-state index contributed by atoms with van der Waals surface area (Å²) in [6.07, 6.45) is -4.94. The van der Waals surface area contributed by atoms with E-state index in [-0.39, 0.29) is 11.8 Å². The van der Waals surface area contributed by atoms with Crippen molar-refractivity contribution in [2.75, 3.05) is 6.61 Å². The van der Waals surface area contributed by atoms with Crippen molar-refractivity contribution in [3.63, 3.8) is 0 Å². The molecule has 4 heterocycles. The Morgan fingerprint density at radius 3 is 2.39 bits per heavy atom. The minimum Gasteiger partial charge on any atom is -0.346 e. The zero-order valence-electron chi connectivity index (χ0n) is 15.9. The van der Waals surface area contributed by atoms with Gasteiger partial charge in [-0.1, -0.05) is 13.8 Å². The van der Waals surface area contributed by atoms with Crippen LogP contribution in [0.4, 0.5) is 22.0 Å². The Hall–Kier alpha value is -0.550. The Labute approximate surface area is 159 Å². The lowest BCUT2D eigenvalue weighted by molar-refractivity contribution is -0.578. The highest BCUT2D eigenvalue weighted by Crippen LogP contribution is 2.60. The summed E-state index contributed by atoms with van der Waals surface area (Å²) >= 11 is 0. The van der Waals surface area contributed by atoms with Gasteiger partial charge < -0.3 is 14.2 Å². The van der Waals surface area contributed by atoms with Crippen LogP contribution in [0.5, 0.6) is 0 Å². The molecule has 10 heteroatoms. The quantitative estimate of drug-likeness (QED) is 0.504. The summed E-state index contributed by atoms with van der Waals surface area (Å²) in [5.41, 5.74) is -0.917. The Morgan fingerprint density at radius 2 is 1.71 bits per heavy atom. The van der Waals surface area contributed by atoms with Crippen molar-refractivity contribution in [3.8, 4) is 0 Å². The first kappa shape index (κ1) is 20.7. The summed E-state index contributed by atoms with van der Waals surface area (Å²) in [4.78, 5) is 11.5. The van der Waals surface area contributed by atoms with Crippen molar-refractivity contribution >= 4 is 0 Å². The van der Waals surface area contributed by atoms with Crippen LogP contribution in [0.15, 0.2) is 0 Å². The standard InChI is InChI=1S/C18H25F5O5/c1-9-4-5-12-10(2)13(24-8-16(19,20)18(21,22)23)25-14-17(12)11(9)6-7-15(3,26-14)27-28-17/h9-14H,4-8H2,1-3H3/t9-,10-,11+,12+,13?,14-,15+,17-/m1/s1. The molecule has 28 heavy (non-hydrogen) atoms. The summed E-state index contributed by atoms with van der Waals surface area (Å²) in [6, 6.07) is 0. The van der Waals surface area contributed by atoms with Crippen molar-refractivity contribution in [3.05, 3.63) is 0 Å². The van der Waals surface area contributed by atoms with Gasteiger partial charge in [-0.3, -0.25) is 0 Å². The minimum atomic E-state index is -5.68. The van der Waals surface area contributed by atoms with E-state index in [9.17, 15) is 22.0 Å². The van der Waals surface area contributed by atoms with E-state index < -0.39 is 48.6 Å². The van der Waals surface area contributed by atoms with E-state index in [1.807, 2.05) is 0 Å². The summed E-state index contributed by atoms with van der Waals surface area (Å²) in [7, 11) is 0. The highest BCUT2D eigenvalue weighted by Gasteiger charge is 2.70. The molecule has 0 N–H and O–H groups in total. The van der Waals surface area contributed by atoms with Crippen LogP contribution < -0.4 is 0 Å². The molecule has 1 aliphatic carbocycles. The molecular weight excluding hydrogens is 391 g/mol. The second kappa shape index (κ2) is 6.47. The number of hydrogen-bond acceptors (Lipinski definition) is 5. The van der Waals surface area contributed by atoms with Crippen LogP contribution in [0, 0.1) is 23.7 Å². The van der Waals surface area contributed by atoms with Gasteiger partial charge in [-0.2, -0.15) is 22.0 Å². The Kier molecular flexibility index (Phi) is 4.79. The van der Waals surface area contributed by atoms with E-state index in [2.05, 4.69) is 6.92 Å². The number of rotatable bonds is 3. The third-order valence-corrected chi connectivity index (χ3v) is 6.94. The molecule has 5 fully saturated rings. The first-order valence-electron chi connectivity index (χ1n) is 9.66. The first-order valence-corrected chi connectivity index (χ1v) is 9.66. The summed E-state index contributed by atoms with van der Waals surface area (Å²) in [6.45, 7) is 3.74. The summed E-state index contributed by atoms with van der Waals surface area (Å²) in [5, 5.41) is 0. The van der Waals surface area contributed by atoms with Crippen molar-refractivity contribution in [2.24, 2.45) is 23.7 Å². The first-order chi connectivity index (χ1) is 12.9. The molecular formula is C18H25F5O5. The van der Waals surface area contributed by atoms with Gasteiger partial charge in [0.2, 0.25) is 5.79 Å². The molecule has 4 aliphatic heterocycles. The smallest absolute Gasteiger partial charge is 0.346 e. The molecule has 5 rings (SSSR count). The fourth-order valence-electron chi connectivity index (χ4n) is 5.33. The summed E-state index contributed by atoms with van der Waals surface area (Å²) in [5.74, 6) is -6.30. The van der Waals surface area contributed by atoms with Crippen LogP contribution in [-0.2, 0) is 24.0 Å². The van der Waals surface area contributed by atoms with E-state index in [1.54, 1.807) is 13.8 Å². The van der Waals surface area contributed by atoms with Gasteiger partial charge in [0, 0.05) is 18.3 Å². The number of ether oxygens (including phenoxy) is 3. The molecule has 1 saturated carbocycles. The number of halogens is 5. The molecule has 162 valence electrons. The van der Waals surface area contributed by atoms with Gasteiger partial charge in [-0.05, 0) is 38.0 Å². The van der Waals surface area contributed by atoms with Crippen LogP contribution >= 0.6 is 0 Å². The predicted molar refractivity (Wildman–Crippen MR) is 83.8 cm³/mol. The van der Waals surface area contributed by atoms with E-state index in [4.69, 9.17) is 24.0 Å². The third-order valence-electron chi connectivity index (χ3n) is 6.94. The highest BCUT2D eigenvalue weighted by atomic mass is 19.4. The van der Waals surface area contributed by atoms with Gasteiger partial charge in [0.25, 0.3) is 0 Å². The molecule has 5 nitrogen and oxygen atoms in total. The maximum Gasteiger partial charge on any atom is 0.455 e. The molecule has 0 amide bonds. The average Bonchev–Trinajstić information content (AvgIpc) is 2.82. The third kappa shape index (κ3) is 2.98. The fraction of sp³-hybridized carbons (Fsp3) is 1.00. The molecule has 5 aliphatic rings. The Bertz CT molecular complexity index is 616. The monoisotopic (exact) mass is 416 g/mol. The van der Waals surface area contributed by atoms with Crippen LogP contribution in [0.25, 0.3) is 0 Å². The molecule has 0 aromatic carbocycles. The molecule has 0 aromatic rings. The number of fused-ring (bicyclic) bond motifs is 2. The van der Waals surface area contributed by atoms with Gasteiger partial charge in [0.15, 0.2) is 18.2 Å². The lowest BCUT2D eigenvalue weighted by Gasteiger charge is -2.60. The molecule has 2 bridgehead atoms. The number of hydrogen-bond donors (Lipinski definition) is 0. The van der Waals surface area contributed by atoms with Crippen LogP contribution in [-0.4, -0.2) is 42.7 Å². The van der Waals surface area contributed by atoms with Crippen molar-refractivity contribution in [2.45, 2.75) is 82.5 Å². The highest BCUT2D eigenvalue weighted by molar-refractivity contribution is 5.09. The van der Waals surface area contributed by atoms with E-state index in [0.29, 0.717) is 18.8 Å². The Morgan fingerprint density at radius 1 is 1.00 bits per heavy atom. The molecule has 0 radical (unpaired) electrons. The largest absolute Gasteiger partial charge is 0.455 e. The molecule has 0 aromatic heterocycles. The molecule has 1 spiro atoms. The molecule has 4 saturated heterocycles. The number of alkyl halides is 5. The van der Waals surface area contributed by atoms with Crippen LogP contribution in [0.3, 0.4) is 0 Å². The van der Waals surface area contributed by atoms with Gasteiger partial charge in [-0.25, -0.2) is 9.78 Å². The minimum absolute atomic E-state index is 0.0700. The normalized spacial score (nSPS) is 48.9. The second-order valence-electron chi connectivity index (χ2n) is 8.79. The van der Waals surface area contributed by atoms with Crippen molar-refractivity contribution < 1.29 is 45.9 Å². The zero-order valence-corrected chi connectivity index (χ0v) is 15.9. The van der Waals surface area contributed by atoms with Gasteiger partial charge >= 0.3 is 12.1 Å². The van der Waals surface area contributed by atoms with Crippen molar-refractivity contribution in [1.82, 2.24) is 0 Å². The van der Waals surface area contributed by atoms with E-state index >= 15 is 0 Å². The van der Waals surface area contributed by atoms with Crippen molar-refractivity contribution in [1.29, 1.82) is 0 Å². The lowest BCUT2D eigenvalue weighted by Crippen LogP contribution is -2.70. The fourth-order valence-corrected chi connectivity index (χ4v) is 5.33. The molecule has 1 unspecified atom stereocenters. The molecule has 8 atom stereocenters. The Balaban J connectivity index is 1.60. The zero-order chi connectivity index (χ0) is 20.5. The summed E-state index contributed by atoms with van der Waals surface area (Å²) < 4.78 is 80.9. The van der Waals surface area contributed by atoms with Gasteiger partial charge in [-0.15, -0.1) is 0 Å². The maximum absolute atomic E-state index is 13.3. The topological polar surface area (TPSA) is 46.2 Å². The maximum atomic E-state index is 13.3. The SMILES string of the molecule is C[C@@H]1CC[C@H]2[C@@H](C)C(OCC(F)(F)C(F)(F)F)O[C@@H]3O[C@]4(C)CC[C@@H]1[C@]32OO4. The van der Waals surface area contributed by atoms with Gasteiger partial charge in [0.1, 0.15) is 6.61 Å². The predicted octanol–water partition coefficient (Wildman–Crippen LogP) is 4.41.